The van der Waals surface area contributed by atoms with Crippen molar-refractivity contribution in [2.45, 2.75) is 18.1 Å². The lowest BCUT2D eigenvalue weighted by Crippen LogP contribution is -2.30. The first-order chi connectivity index (χ1) is 12.8. The molecule has 0 aliphatic carbocycles. The molecule has 0 fully saturated rings. The van der Waals surface area contributed by atoms with Crippen LogP contribution in [0.3, 0.4) is 0 Å². The Balaban J connectivity index is 1.52. The highest BCUT2D eigenvalue weighted by molar-refractivity contribution is 7.99. The fourth-order valence-electron chi connectivity index (χ4n) is 3.23. The highest BCUT2D eigenvalue weighted by Gasteiger charge is 2.24. The maximum absolute atomic E-state index is 12.7. The van der Waals surface area contributed by atoms with E-state index in [1.54, 1.807) is 13.3 Å². The van der Waals surface area contributed by atoms with Gasteiger partial charge in [-0.25, -0.2) is 9.97 Å². The van der Waals surface area contributed by atoms with Crippen LogP contribution in [0, 0.1) is 0 Å². The maximum atomic E-state index is 12.7. The summed E-state index contributed by atoms with van der Waals surface area (Å²) in [5.74, 6) is 0.461. The summed E-state index contributed by atoms with van der Waals surface area (Å²) >= 11 is 1.46. The van der Waals surface area contributed by atoms with E-state index in [0.717, 1.165) is 35.0 Å². The molecule has 134 valence electrons. The minimum atomic E-state index is 0.109. The zero-order chi connectivity index (χ0) is 17.9. The Hall–Kier alpha value is -2.38. The number of para-hydroxylation sites is 1. The van der Waals surface area contributed by atoms with Crippen LogP contribution in [0.15, 0.2) is 47.8 Å². The number of anilines is 1. The number of ether oxygens (including phenoxy) is 1. The van der Waals surface area contributed by atoms with E-state index < -0.39 is 0 Å². The lowest BCUT2D eigenvalue weighted by molar-refractivity contribution is -0.116. The summed E-state index contributed by atoms with van der Waals surface area (Å²) in [6.07, 6.45) is 2.68. The van der Waals surface area contributed by atoms with Crippen molar-refractivity contribution in [3.63, 3.8) is 0 Å². The van der Waals surface area contributed by atoms with Gasteiger partial charge in [0.25, 0.3) is 0 Å². The molecule has 2 aromatic heterocycles. The van der Waals surface area contributed by atoms with E-state index in [1.165, 1.54) is 17.3 Å². The lowest BCUT2D eigenvalue weighted by Gasteiger charge is -2.17. The quantitative estimate of drug-likeness (QED) is 0.626. The molecule has 0 bridgehead atoms. The Morgan fingerprint density at radius 3 is 3.04 bits per heavy atom. The topological polar surface area (TPSA) is 60.2 Å². The van der Waals surface area contributed by atoms with Crippen LogP contribution in [0.1, 0.15) is 5.56 Å². The van der Waals surface area contributed by atoms with Crippen LogP contribution in [0.5, 0.6) is 0 Å². The van der Waals surface area contributed by atoms with Crippen molar-refractivity contribution in [1.82, 2.24) is 14.5 Å². The highest BCUT2D eigenvalue weighted by atomic mass is 32.2. The van der Waals surface area contributed by atoms with Gasteiger partial charge in [0.15, 0.2) is 10.8 Å². The second kappa shape index (κ2) is 7.47. The Bertz CT molecular complexity index is 940. The third-order valence-corrected chi connectivity index (χ3v) is 5.46. The standard InChI is InChI=1S/C19H20N4O2S/c1-25-12-11-23-18-15(6-4-9-20-18)21-19(23)26-13-17(24)22-10-8-14-5-2-3-7-16(14)22/h2-7,9H,8,10-13H2,1H3. The van der Waals surface area contributed by atoms with Crippen LogP contribution >= 0.6 is 11.8 Å². The minimum absolute atomic E-state index is 0.109. The molecule has 0 saturated carbocycles. The van der Waals surface area contributed by atoms with Gasteiger partial charge in [-0.05, 0) is 30.2 Å². The second-order valence-electron chi connectivity index (χ2n) is 6.10. The van der Waals surface area contributed by atoms with E-state index in [0.29, 0.717) is 18.9 Å². The van der Waals surface area contributed by atoms with Gasteiger partial charge in [-0.1, -0.05) is 30.0 Å². The predicted octanol–water partition coefficient (Wildman–Crippen LogP) is 2.76. The average molecular weight is 368 g/mol. The zero-order valence-corrected chi connectivity index (χ0v) is 15.4. The molecule has 0 spiro atoms. The fourth-order valence-corrected chi connectivity index (χ4v) is 4.14. The van der Waals surface area contributed by atoms with E-state index in [4.69, 9.17) is 4.74 Å². The van der Waals surface area contributed by atoms with Crippen molar-refractivity contribution in [3.05, 3.63) is 48.2 Å². The molecule has 1 amide bonds. The summed E-state index contributed by atoms with van der Waals surface area (Å²) in [6, 6.07) is 11.9. The number of carbonyl (C=O) groups is 1. The number of fused-ring (bicyclic) bond motifs is 2. The van der Waals surface area contributed by atoms with Gasteiger partial charge in [-0.3, -0.25) is 4.79 Å². The summed E-state index contributed by atoms with van der Waals surface area (Å²) in [6.45, 7) is 1.98. The first-order valence-electron chi connectivity index (χ1n) is 8.59. The molecule has 1 aliphatic heterocycles. The SMILES string of the molecule is COCCn1c(SCC(=O)N2CCc3ccccc32)nc2cccnc21. The number of methoxy groups -OCH3 is 1. The Morgan fingerprint density at radius 2 is 2.15 bits per heavy atom. The Morgan fingerprint density at radius 1 is 1.27 bits per heavy atom. The molecule has 0 N–H and O–H groups in total. The van der Waals surface area contributed by atoms with Crippen molar-refractivity contribution >= 4 is 34.5 Å². The molecular weight excluding hydrogens is 348 g/mol. The molecule has 6 nitrogen and oxygen atoms in total. The normalized spacial score (nSPS) is 13.3. The van der Waals surface area contributed by atoms with Crippen LogP contribution in [0.2, 0.25) is 0 Å². The maximum Gasteiger partial charge on any atom is 0.237 e. The van der Waals surface area contributed by atoms with E-state index in [1.807, 2.05) is 39.8 Å². The van der Waals surface area contributed by atoms with Gasteiger partial charge in [-0.2, -0.15) is 0 Å². The largest absolute Gasteiger partial charge is 0.383 e. The number of aromatic nitrogens is 3. The van der Waals surface area contributed by atoms with Gasteiger partial charge in [0.05, 0.1) is 18.9 Å². The Labute approximate surface area is 156 Å². The summed E-state index contributed by atoms with van der Waals surface area (Å²) in [4.78, 5) is 23.7. The first kappa shape index (κ1) is 17.1. The summed E-state index contributed by atoms with van der Waals surface area (Å²) in [7, 11) is 1.67. The van der Waals surface area contributed by atoms with Crippen molar-refractivity contribution in [1.29, 1.82) is 0 Å². The van der Waals surface area contributed by atoms with Crippen molar-refractivity contribution in [2.75, 3.05) is 30.9 Å². The molecule has 1 aromatic carbocycles. The predicted molar refractivity (Wildman–Crippen MR) is 103 cm³/mol. The fraction of sp³-hybridized carbons (Fsp3) is 0.316. The molecule has 26 heavy (non-hydrogen) atoms. The molecule has 3 heterocycles. The smallest absolute Gasteiger partial charge is 0.237 e. The van der Waals surface area contributed by atoms with Crippen molar-refractivity contribution in [3.8, 4) is 0 Å². The molecule has 3 aromatic rings. The van der Waals surface area contributed by atoms with E-state index in [9.17, 15) is 4.79 Å². The molecular formula is C19H20N4O2S. The van der Waals surface area contributed by atoms with Crippen LogP contribution in [0.25, 0.3) is 11.2 Å². The summed E-state index contributed by atoms with van der Waals surface area (Å²) < 4.78 is 7.23. The number of carbonyl (C=O) groups excluding carboxylic acids is 1. The summed E-state index contributed by atoms with van der Waals surface area (Å²) in [5.41, 5.74) is 3.94. The van der Waals surface area contributed by atoms with E-state index in [2.05, 4.69) is 16.0 Å². The molecule has 4 rings (SSSR count). The van der Waals surface area contributed by atoms with Crippen LogP contribution in [-0.4, -0.2) is 46.5 Å². The molecule has 1 aliphatic rings. The highest BCUT2D eigenvalue weighted by Crippen LogP contribution is 2.29. The third-order valence-electron chi connectivity index (χ3n) is 4.50. The number of nitrogens with zero attached hydrogens (tertiary/aromatic N) is 4. The van der Waals surface area contributed by atoms with Crippen LogP contribution in [-0.2, 0) is 22.5 Å². The Kier molecular flexibility index (Phi) is 4.90. The first-order valence-corrected chi connectivity index (χ1v) is 9.58. The van der Waals surface area contributed by atoms with Gasteiger partial charge in [-0.15, -0.1) is 0 Å². The van der Waals surface area contributed by atoms with Gasteiger partial charge in [0.1, 0.15) is 5.52 Å². The average Bonchev–Trinajstić information content (AvgIpc) is 3.26. The molecule has 0 saturated heterocycles. The molecule has 0 atom stereocenters. The third kappa shape index (κ3) is 3.20. The number of rotatable bonds is 6. The molecule has 0 radical (unpaired) electrons. The summed E-state index contributed by atoms with van der Waals surface area (Å²) in [5, 5.41) is 0.802. The number of pyridine rings is 1. The van der Waals surface area contributed by atoms with Crippen LogP contribution < -0.4 is 4.90 Å². The zero-order valence-electron chi connectivity index (χ0n) is 14.6. The number of hydrogen-bond acceptors (Lipinski definition) is 5. The van der Waals surface area contributed by atoms with Gasteiger partial charge >= 0.3 is 0 Å². The van der Waals surface area contributed by atoms with E-state index in [-0.39, 0.29) is 5.91 Å². The monoisotopic (exact) mass is 368 g/mol. The molecule has 7 heteroatoms. The number of imidazole rings is 1. The van der Waals surface area contributed by atoms with Crippen molar-refractivity contribution in [2.24, 2.45) is 0 Å². The van der Waals surface area contributed by atoms with Gasteiger partial charge in [0, 0.05) is 25.5 Å². The second-order valence-corrected chi connectivity index (χ2v) is 7.04. The molecule has 0 unspecified atom stereocenters. The van der Waals surface area contributed by atoms with E-state index >= 15 is 0 Å². The number of amides is 1. The number of thioether (sulfide) groups is 1. The minimum Gasteiger partial charge on any atom is -0.383 e. The van der Waals surface area contributed by atoms with Gasteiger partial charge in [0.2, 0.25) is 5.91 Å². The number of benzene rings is 1. The van der Waals surface area contributed by atoms with Crippen molar-refractivity contribution < 1.29 is 9.53 Å². The lowest BCUT2D eigenvalue weighted by atomic mass is 10.2. The number of hydrogen-bond donors (Lipinski definition) is 0. The van der Waals surface area contributed by atoms with Gasteiger partial charge < -0.3 is 14.2 Å². The van der Waals surface area contributed by atoms with Crippen LogP contribution in [0.4, 0.5) is 5.69 Å².